The molecule has 0 aliphatic heterocycles. The maximum Gasteiger partial charge on any atom is 0.306 e. The molecule has 0 radical (unpaired) electrons. The highest BCUT2D eigenvalue weighted by molar-refractivity contribution is 6.03. The molecule has 0 saturated heterocycles. The number of Topliss-reactive ketones (excluding diaryl/α,β-unsaturated/α-hetero) is 1. The predicted octanol–water partition coefficient (Wildman–Crippen LogP) is 3.98. The topological polar surface area (TPSA) is 50.9 Å². The van der Waals surface area contributed by atoms with Crippen LogP contribution < -0.4 is 4.74 Å². The molecule has 0 amide bonds. The zero-order valence-electron chi connectivity index (χ0n) is 14.5. The molecule has 1 aromatic rings. The van der Waals surface area contributed by atoms with E-state index in [1.54, 1.807) is 12.1 Å². The molecule has 0 heterocycles. The molecule has 2 rings (SSSR count). The first-order valence-corrected chi connectivity index (χ1v) is 7.58. The van der Waals surface area contributed by atoms with Crippen molar-refractivity contribution in [2.45, 2.75) is 46.1 Å². The summed E-state index contributed by atoms with van der Waals surface area (Å²) in [5.74, 6) is 0.299. The minimum atomic E-state index is -0.858. The van der Waals surface area contributed by atoms with Gasteiger partial charge in [0.1, 0.15) is 0 Å². The number of methoxy groups -OCH3 is 1. The van der Waals surface area contributed by atoms with Gasteiger partial charge in [-0.05, 0) is 23.3 Å². The van der Waals surface area contributed by atoms with Gasteiger partial charge in [0.2, 0.25) is 5.78 Å². The van der Waals surface area contributed by atoms with Gasteiger partial charge in [-0.25, -0.2) is 6.57 Å². The van der Waals surface area contributed by atoms with E-state index in [4.69, 9.17) is 11.3 Å². The average Bonchev–Trinajstić information content (AvgIpc) is 2.69. The molecule has 0 aromatic heterocycles. The summed E-state index contributed by atoms with van der Waals surface area (Å²) in [6.07, 6.45) is 1.96. The van der Waals surface area contributed by atoms with Crippen LogP contribution in [0.2, 0.25) is 0 Å². The zero-order valence-corrected chi connectivity index (χ0v) is 14.5. The number of carbonyl (C=O) groups excluding carboxylic acids is 1. The van der Waals surface area contributed by atoms with E-state index in [1.165, 1.54) is 7.11 Å². The van der Waals surface area contributed by atoms with Crippen LogP contribution in [0.15, 0.2) is 18.2 Å². The minimum absolute atomic E-state index is 0.0155. The molecule has 0 bridgehead atoms. The van der Waals surface area contributed by atoms with E-state index >= 15 is 0 Å². The predicted molar refractivity (Wildman–Crippen MR) is 90.5 cm³/mol. The first-order chi connectivity index (χ1) is 10.5. The van der Waals surface area contributed by atoms with Crippen molar-refractivity contribution >= 4 is 11.4 Å². The number of phenolic OH excluding ortho intramolecular Hbond substituents is 1. The van der Waals surface area contributed by atoms with Gasteiger partial charge in [-0.3, -0.25) is 9.64 Å². The molecule has 1 N–H and O–H groups in total. The number of phenols is 1. The van der Waals surface area contributed by atoms with Crippen LogP contribution >= 0.6 is 0 Å². The lowest BCUT2D eigenvalue weighted by Gasteiger charge is -2.19. The lowest BCUT2D eigenvalue weighted by molar-refractivity contribution is -0.125. The van der Waals surface area contributed by atoms with Crippen molar-refractivity contribution in [1.82, 2.24) is 0 Å². The fraction of sp³-hybridized carbons (Fsp3) is 0.474. The van der Waals surface area contributed by atoms with Crippen LogP contribution in [0.1, 0.15) is 45.7 Å². The van der Waals surface area contributed by atoms with Crippen LogP contribution in [0, 0.1) is 12.0 Å². The second kappa shape index (κ2) is 5.42. The number of ether oxygens (including phenoxy) is 1. The van der Waals surface area contributed by atoms with Gasteiger partial charge in [-0.1, -0.05) is 40.7 Å². The van der Waals surface area contributed by atoms with Crippen LogP contribution in [0.25, 0.3) is 10.4 Å². The van der Waals surface area contributed by atoms with Gasteiger partial charge in [0.15, 0.2) is 11.5 Å². The minimum Gasteiger partial charge on any atom is -0.504 e. The summed E-state index contributed by atoms with van der Waals surface area (Å²) < 4.78 is 5.19. The Balaban J connectivity index is 2.62. The van der Waals surface area contributed by atoms with Crippen LogP contribution in [0.4, 0.5) is 0 Å². The molecule has 4 heteroatoms. The van der Waals surface area contributed by atoms with Crippen LogP contribution in [-0.4, -0.2) is 24.0 Å². The number of carbonyl (C=O) groups is 1. The van der Waals surface area contributed by atoms with Gasteiger partial charge in [0.25, 0.3) is 0 Å². The number of nitrogens with zero attached hydrogens (tertiary/aromatic N) is 1. The number of benzene rings is 1. The van der Waals surface area contributed by atoms with Crippen LogP contribution in [-0.2, 0) is 10.2 Å². The number of hydrogen-bond donors (Lipinski definition) is 1. The first-order valence-electron chi connectivity index (χ1n) is 7.58. The Kier molecular flexibility index (Phi) is 4.02. The Hall–Kier alpha value is -2.28. The third kappa shape index (κ3) is 2.84. The average molecular weight is 313 g/mol. The maximum atomic E-state index is 12.7. The molecule has 0 spiro atoms. The quantitative estimate of drug-likeness (QED) is 0.859. The summed E-state index contributed by atoms with van der Waals surface area (Å²) in [6.45, 7) is 17.0. The first kappa shape index (κ1) is 17.1. The van der Waals surface area contributed by atoms with Gasteiger partial charge in [-0.2, -0.15) is 0 Å². The Morgan fingerprint density at radius 3 is 2.43 bits per heavy atom. The van der Waals surface area contributed by atoms with Crippen molar-refractivity contribution in [1.29, 1.82) is 0 Å². The van der Waals surface area contributed by atoms with E-state index < -0.39 is 11.5 Å². The van der Waals surface area contributed by atoms with Crippen molar-refractivity contribution in [3.05, 3.63) is 40.8 Å². The summed E-state index contributed by atoms with van der Waals surface area (Å²) in [7, 11) is 1.50. The zero-order chi connectivity index (χ0) is 17.6. The molecule has 1 aliphatic carbocycles. The molecule has 23 heavy (non-hydrogen) atoms. The van der Waals surface area contributed by atoms with E-state index in [-0.39, 0.29) is 16.9 Å². The largest absolute Gasteiger partial charge is 0.504 e. The second-order valence-electron chi connectivity index (χ2n) is 7.54. The van der Waals surface area contributed by atoms with E-state index in [1.807, 2.05) is 40.7 Å². The molecule has 1 aliphatic rings. The lowest BCUT2D eigenvalue weighted by Crippen LogP contribution is -2.31. The van der Waals surface area contributed by atoms with Gasteiger partial charge < -0.3 is 9.84 Å². The van der Waals surface area contributed by atoms with E-state index in [2.05, 4.69) is 4.85 Å². The molecule has 0 fully saturated rings. The van der Waals surface area contributed by atoms with Crippen LogP contribution in [0.5, 0.6) is 11.5 Å². The molecular weight excluding hydrogens is 290 g/mol. The van der Waals surface area contributed by atoms with Crippen molar-refractivity contribution in [2.75, 3.05) is 7.11 Å². The highest BCUT2D eigenvalue weighted by Crippen LogP contribution is 2.47. The summed E-state index contributed by atoms with van der Waals surface area (Å²) in [5, 5.41) is 10.1. The molecule has 122 valence electrons. The lowest BCUT2D eigenvalue weighted by atomic mass is 9.83. The van der Waals surface area contributed by atoms with Crippen molar-refractivity contribution in [3.63, 3.8) is 0 Å². The normalized spacial score (nSPS) is 17.0. The summed E-state index contributed by atoms with van der Waals surface area (Å²) >= 11 is 0. The number of fused-ring (bicyclic) bond motifs is 1. The molecular formula is C19H23NO3. The second-order valence-corrected chi connectivity index (χ2v) is 7.54. The maximum absolute atomic E-state index is 12.7. The van der Waals surface area contributed by atoms with Gasteiger partial charge >= 0.3 is 6.04 Å². The number of allylic oxidation sites excluding steroid dienone is 1. The smallest absolute Gasteiger partial charge is 0.306 e. The van der Waals surface area contributed by atoms with Crippen molar-refractivity contribution in [3.8, 4) is 11.5 Å². The summed E-state index contributed by atoms with van der Waals surface area (Å²) in [6, 6.07) is 2.53. The number of hydrogen-bond acceptors (Lipinski definition) is 3. The fourth-order valence-corrected chi connectivity index (χ4v) is 2.95. The van der Waals surface area contributed by atoms with Crippen LogP contribution in [0.3, 0.4) is 0 Å². The van der Waals surface area contributed by atoms with E-state index in [0.29, 0.717) is 11.3 Å². The highest BCUT2D eigenvalue weighted by Gasteiger charge is 2.43. The molecule has 1 aromatic carbocycles. The Morgan fingerprint density at radius 2 is 1.96 bits per heavy atom. The third-order valence-electron chi connectivity index (χ3n) is 4.25. The molecule has 1 atom stereocenters. The van der Waals surface area contributed by atoms with Crippen molar-refractivity contribution in [2.24, 2.45) is 5.41 Å². The monoisotopic (exact) mass is 313 g/mol. The number of ketones is 1. The SMILES string of the molecule is [C-]#[N+]C(C(=O)C(C)(C)C)C1=CC(C)(C)c2cc(OC)c(O)cc21. The standard InChI is InChI=1S/C19H23NO3/c1-18(2,3)17(22)16(20-6)12-10-19(4,5)13-9-15(23-7)14(21)8-11(12)13/h8-10,16,21H,1-5,7H3. The summed E-state index contributed by atoms with van der Waals surface area (Å²) in [4.78, 5) is 16.3. The third-order valence-corrected chi connectivity index (χ3v) is 4.25. The highest BCUT2D eigenvalue weighted by atomic mass is 16.5. The Bertz CT molecular complexity index is 730. The van der Waals surface area contributed by atoms with Gasteiger partial charge in [-0.15, -0.1) is 0 Å². The molecule has 0 saturated carbocycles. The van der Waals surface area contributed by atoms with Gasteiger partial charge in [0, 0.05) is 16.4 Å². The number of aromatic hydroxyl groups is 1. The molecule has 1 unspecified atom stereocenters. The van der Waals surface area contributed by atoms with E-state index in [9.17, 15) is 9.90 Å². The number of rotatable bonds is 3. The summed E-state index contributed by atoms with van der Waals surface area (Å²) in [5.41, 5.74) is 1.46. The van der Waals surface area contributed by atoms with Crippen molar-refractivity contribution < 1.29 is 14.6 Å². The van der Waals surface area contributed by atoms with E-state index in [0.717, 1.165) is 11.1 Å². The fourth-order valence-electron chi connectivity index (χ4n) is 2.95. The Labute approximate surface area is 137 Å². The Morgan fingerprint density at radius 1 is 1.35 bits per heavy atom. The van der Waals surface area contributed by atoms with Gasteiger partial charge in [0.05, 0.1) is 7.11 Å². The molecule has 4 nitrogen and oxygen atoms in total.